The number of hydrogen-bond acceptors (Lipinski definition) is 2. The minimum Gasteiger partial charge on any atom is -0.322 e. The lowest BCUT2D eigenvalue weighted by atomic mass is 10.1. The van der Waals surface area contributed by atoms with E-state index < -0.39 is 0 Å². The van der Waals surface area contributed by atoms with Crippen molar-refractivity contribution in [1.82, 2.24) is 10.3 Å². The lowest BCUT2D eigenvalue weighted by molar-refractivity contribution is 0.628. The zero-order chi connectivity index (χ0) is 12.3. The molecule has 1 aromatic heterocycles. The van der Waals surface area contributed by atoms with Gasteiger partial charge in [0.15, 0.2) is 0 Å². The number of aromatic nitrogens is 1. The molecule has 0 saturated heterocycles. The lowest BCUT2D eigenvalue weighted by Crippen LogP contribution is -2.18. The number of pyridine rings is 1. The van der Waals surface area contributed by atoms with Gasteiger partial charge in [0.25, 0.3) is 5.56 Å². The largest absolute Gasteiger partial charge is 0.322 e. The Balaban J connectivity index is 2.37. The van der Waals surface area contributed by atoms with Crippen molar-refractivity contribution < 1.29 is 4.39 Å². The molecule has 0 aliphatic carbocycles. The van der Waals surface area contributed by atoms with Crippen LogP contribution in [0.1, 0.15) is 5.56 Å². The molecular weight excluding hydrogens is 219 g/mol. The van der Waals surface area contributed by atoms with Gasteiger partial charge in [0.2, 0.25) is 0 Å². The summed E-state index contributed by atoms with van der Waals surface area (Å²) < 4.78 is 12.8. The minimum atomic E-state index is -0.289. The molecule has 1 aromatic carbocycles. The highest BCUT2D eigenvalue weighted by Gasteiger charge is 2.02. The fourth-order valence-electron chi connectivity index (χ4n) is 1.63. The van der Waals surface area contributed by atoms with E-state index in [4.69, 9.17) is 0 Å². The number of aromatic amines is 1. The van der Waals surface area contributed by atoms with Crippen LogP contribution in [0.25, 0.3) is 11.3 Å². The quantitative estimate of drug-likeness (QED) is 0.849. The van der Waals surface area contributed by atoms with Gasteiger partial charge < -0.3 is 10.3 Å². The van der Waals surface area contributed by atoms with Crippen LogP contribution >= 0.6 is 0 Å². The Morgan fingerprint density at radius 3 is 2.47 bits per heavy atom. The predicted molar refractivity (Wildman–Crippen MR) is 65.2 cm³/mol. The molecule has 0 radical (unpaired) electrons. The standard InChI is InChI=1S/C13H13FN2O/c1-15-8-10-4-7-12(16-13(10)17)9-2-5-11(14)6-3-9/h2-7,15H,8H2,1H3,(H,16,17). The first-order chi connectivity index (χ1) is 8.20. The van der Waals surface area contributed by atoms with E-state index in [9.17, 15) is 9.18 Å². The topological polar surface area (TPSA) is 44.9 Å². The molecule has 1 heterocycles. The SMILES string of the molecule is CNCc1ccc(-c2ccc(F)cc2)[nH]c1=O. The van der Waals surface area contributed by atoms with Crippen LogP contribution in [-0.2, 0) is 6.54 Å². The second kappa shape index (κ2) is 4.93. The van der Waals surface area contributed by atoms with Crippen LogP contribution in [0, 0.1) is 5.82 Å². The molecule has 0 spiro atoms. The van der Waals surface area contributed by atoms with E-state index in [-0.39, 0.29) is 11.4 Å². The first-order valence-electron chi connectivity index (χ1n) is 5.33. The van der Waals surface area contributed by atoms with Gasteiger partial charge in [0.05, 0.1) is 0 Å². The third-order valence-electron chi connectivity index (χ3n) is 2.51. The highest BCUT2D eigenvalue weighted by Crippen LogP contribution is 2.15. The summed E-state index contributed by atoms with van der Waals surface area (Å²) in [5.74, 6) is -0.289. The van der Waals surface area contributed by atoms with E-state index in [1.807, 2.05) is 6.07 Å². The van der Waals surface area contributed by atoms with Crippen LogP contribution in [0.5, 0.6) is 0 Å². The number of benzene rings is 1. The smallest absolute Gasteiger partial charge is 0.252 e. The Labute approximate surface area is 98.3 Å². The van der Waals surface area contributed by atoms with E-state index >= 15 is 0 Å². The van der Waals surface area contributed by atoms with Gasteiger partial charge in [-0.3, -0.25) is 4.79 Å². The fraction of sp³-hybridized carbons (Fsp3) is 0.154. The summed E-state index contributed by atoms with van der Waals surface area (Å²) in [4.78, 5) is 14.5. The molecular formula is C13H13FN2O. The van der Waals surface area contributed by atoms with Crippen molar-refractivity contribution in [2.45, 2.75) is 6.54 Å². The molecule has 0 aliphatic rings. The summed E-state index contributed by atoms with van der Waals surface area (Å²) in [7, 11) is 1.79. The number of rotatable bonds is 3. The molecule has 0 aliphatic heterocycles. The molecule has 0 amide bonds. The van der Waals surface area contributed by atoms with E-state index in [1.165, 1.54) is 12.1 Å². The molecule has 2 aromatic rings. The van der Waals surface area contributed by atoms with Gasteiger partial charge in [-0.05, 0) is 42.9 Å². The van der Waals surface area contributed by atoms with Crippen LogP contribution in [-0.4, -0.2) is 12.0 Å². The molecule has 0 saturated carbocycles. The zero-order valence-electron chi connectivity index (χ0n) is 9.46. The summed E-state index contributed by atoms with van der Waals surface area (Å²) >= 11 is 0. The summed E-state index contributed by atoms with van der Waals surface area (Å²) in [5.41, 5.74) is 2.04. The molecule has 0 fully saturated rings. The van der Waals surface area contributed by atoms with Gasteiger partial charge in [-0.1, -0.05) is 6.07 Å². The molecule has 17 heavy (non-hydrogen) atoms. The zero-order valence-corrected chi connectivity index (χ0v) is 9.46. The Kier molecular flexibility index (Phi) is 3.35. The molecule has 2 rings (SSSR count). The predicted octanol–water partition coefficient (Wildman–Crippen LogP) is 1.90. The number of halogens is 1. The van der Waals surface area contributed by atoms with Crippen molar-refractivity contribution in [3.63, 3.8) is 0 Å². The third-order valence-corrected chi connectivity index (χ3v) is 2.51. The Bertz CT molecular complexity index is 560. The van der Waals surface area contributed by atoms with Gasteiger partial charge >= 0.3 is 0 Å². The number of nitrogens with one attached hydrogen (secondary N) is 2. The second-order valence-electron chi connectivity index (χ2n) is 3.76. The van der Waals surface area contributed by atoms with Gasteiger partial charge in [-0.25, -0.2) is 4.39 Å². The van der Waals surface area contributed by atoms with Crippen LogP contribution < -0.4 is 10.9 Å². The first-order valence-corrected chi connectivity index (χ1v) is 5.33. The minimum absolute atomic E-state index is 0.124. The highest BCUT2D eigenvalue weighted by molar-refractivity contribution is 5.58. The van der Waals surface area contributed by atoms with Crippen molar-refractivity contribution in [1.29, 1.82) is 0 Å². The lowest BCUT2D eigenvalue weighted by Gasteiger charge is -2.03. The van der Waals surface area contributed by atoms with E-state index in [0.29, 0.717) is 17.8 Å². The second-order valence-corrected chi connectivity index (χ2v) is 3.76. The molecule has 0 unspecified atom stereocenters. The highest BCUT2D eigenvalue weighted by atomic mass is 19.1. The number of hydrogen-bond donors (Lipinski definition) is 2. The van der Waals surface area contributed by atoms with E-state index in [0.717, 1.165) is 5.56 Å². The molecule has 0 atom stereocenters. The van der Waals surface area contributed by atoms with Gasteiger partial charge in [-0.2, -0.15) is 0 Å². The van der Waals surface area contributed by atoms with Crippen LogP contribution in [0.3, 0.4) is 0 Å². The Hall–Kier alpha value is -1.94. The van der Waals surface area contributed by atoms with Crippen molar-refractivity contribution in [2.75, 3.05) is 7.05 Å². The van der Waals surface area contributed by atoms with Crippen LogP contribution in [0.4, 0.5) is 4.39 Å². The van der Waals surface area contributed by atoms with E-state index in [1.54, 1.807) is 25.2 Å². The maximum absolute atomic E-state index is 12.8. The monoisotopic (exact) mass is 232 g/mol. The van der Waals surface area contributed by atoms with Crippen molar-refractivity contribution in [2.24, 2.45) is 0 Å². The van der Waals surface area contributed by atoms with Crippen LogP contribution in [0.2, 0.25) is 0 Å². The summed E-state index contributed by atoms with van der Waals surface area (Å²) in [6, 6.07) is 9.61. The molecule has 2 N–H and O–H groups in total. The normalized spacial score (nSPS) is 10.5. The molecule has 88 valence electrons. The van der Waals surface area contributed by atoms with E-state index in [2.05, 4.69) is 10.3 Å². The third kappa shape index (κ3) is 2.60. The van der Waals surface area contributed by atoms with Gasteiger partial charge in [0, 0.05) is 17.8 Å². The molecule has 4 heteroatoms. The van der Waals surface area contributed by atoms with Crippen molar-refractivity contribution in [3.8, 4) is 11.3 Å². The maximum Gasteiger partial charge on any atom is 0.252 e. The van der Waals surface area contributed by atoms with Crippen molar-refractivity contribution >= 4 is 0 Å². The summed E-state index contributed by atoms with van der Waals surface area (Å²) in [6.45, 7) is 0.527. The van der Waals surface area contributed by atoms with Crippen molar-refractivity contribution in [3.05, 3.63) is 58.1 Å². The average Bonchev–Trinajstić information content (AvgIpc) is 2.33. The van der Waals surface area contributed by atoms with Crippen LogP contribution in [0.15, 0.2) is 41.2 Å². The molecule has 0 bridgehead atoms. The summed E-state index contributed by atoms with van der Waals surface area (Å²) in [5, 5.41) is 2.92. The fourth-order valence-corrected chi connectivity index (χ4v) is 1.63. The molecule has 3 nitrogen and oxygen atoms in total. The summed E-state index contributed by atoms with van der Waals surface area (Å²) in [6.07, 6.45) is 0. The Morgan fingerprint density at radius 2 is 1.88 bits per heavy atom. The first kappa shape index (κ1) is 11.5. The van der Waals surface area contributed by atoms with Gasteiger partial charge in [0.1, 0.15) is 5.82 Å². The van der Waals surface area contributed by atoms with Gasteiger partial charge in [-0.15, -0.1) is 0 Å². The maximum atomic E-state index is 12.8. The number of H-pyrrole nitrogens is 1. The Morgan fingerprint density at radius 1 is 1.18 bits per heavy atom. The average molecular weight is 232 g/mol.